The fourth-order valence-corrected chi connectivity index (χ4v) is 1.53. The van der Waals surface area contributed by atoms with Crippen LogP contribution in [0.25, 0.3) is 0 Å². The minimum atomic E-state index is 0.845. The van der Waals surface area contributed by atoms with Gasteiger partial charge >= 0.3 is 0 Å². The molecule has 0 spiro atoms. The Morgan fingerprint density at radius 3 is 2.76 bits per heavy atom. The molecule has 1 aromatic carbocycles. The first kappa shape index (κ1) is 11.6. The van der Waals surface area contributed by atoms with Crippen molar-refractivity contribution in [3.63, 3.8) is 0 Å². The molecule has 0 saturated heterocycles. The summed E-state index contributed by atoms with van der Waals surface area (Å²) in [5.74, 6) is 1.79. The Morgan fingerprint density at radius 2 is 2.12 bits per heavy atom. The number of rotatable bonds is 6. The van der Waals surface area contributed by atoms with Crippen LogP contribution in [0.1, 0.15) is 11.4 Å². The van der Waals surface area contributed by atoms with Crippen molar-refractivity contribution in [3.05, 3.63) is 42.0 Å². The molecular formula is C12H16N4O. The van der Waals surface area contributed by atoms with Crippen molar-refractivity contribution in [2.24, 2.45) is 0 Å². The van der Waals surface area contributed by atoms with Gasteiger partial charge < -0.3 is 10.1 Å². The highest BCUT2D eigenvalue weighted by Gasteiger charge is 1.96. The van der Waals surface area contributed by atoms with Gasteiger partial charge in [-0.15, -0.1) is 0 Å². The van der Waals surface area contributed by atoms with E-state index in [1.165, 1.54) is 11.9 Å². The van der Waals surface area contributed by atoms with Gasteiger partial charge in [0.05, 0.1) is 7.11 Å². The molecule has 0 radical (unpaired) electrons. The van der Waals surface area contributed by atoms with E-state index in [1.807, 2.05) is 12.1 Å². The van der Waals surface area contributed by atoms with Gasteiger partial charge in [0.2, 0.25) is 0 Å². The van der Waals surface area contributed by atoms with Gasteiger partial charge in [0.15, 0.2) is 0 Å². The molecule has 1 heterocycles. The standard InChI is InChI=1S/C12H16N4O/c1-17-11-4-2-10(3-5-11)8-13-7-6-12-14-9-15-16-12/h2-5,9,13H,6-8H2,1H3,(H,14,15,16). The monoisotopic (exact) mass is 232 g/mol. The zero-order valence-electron chi connectivity index (χ0n) is 9.81. The van der Waals surface area contributed by atoms with E-state index in [-0.39, 0.29) is 0 Å². The Balaban J connectivity index is 1.70. The second-order valence-electron chi connectivity index (χ2n) is 3.71. The van der Waals surface area contributed by atoms with E-state index in [2.05, 4.69) is 32.6 Å². The molecule has 2 aromatic rings. The summed E-state index contributed by atoms with van der Waals surface area (Å²) in [6.45, 7) is 1.72. The van der Waals surface area contributed by atoms with E-state index in [0.717, 1.165) is 31.1 Å². The molecule has 17 heavy (non-hydrogen) atoms. The number of aromatic nitrogens is 3. The van der Waals surface area contributed by atoms with Gasteiger partial charge in [-0.05, 0) is 17.7 Å². The highest BCUT2D eigenvalue weighted by atomic mass is 16.5. The van der Waals surface area contributed by atoms with Crippen molar-refractivity contribution < 1.29 is 4.74 Å². The molecule has 5 heteroatoms. The number of nitrogens with one attached hydrogen (secondary N) is 2. The van der Waals surface area contributed by atoms with Crippen LogP contribution >= 0.6 is 0 Å². The highest BCUT2D eigenvalue weighted by molar-refractivity contribution is 5.26. The summed E-state index contributed by atoms with van der Waals surface area (Å²) in [7, 11) is 1.67. The molecule has 5 nitrogen and oxygen atoms in total. The van der Waals surface area contributed by atoms with Crippen molar-refractivity contribution in [2.45, 2.75) is 13.0 Å². The fraction of sp³-hybridized carbons (Fsp3) is 0.333. The maximum Gasteiger partial charge on any atom is 0.137 e. The van der Waals surface area contributed by atoms with Gasteiger partial charge in [-0.25, -0.2) is 4.98 Å². The second-order valence-corrected chi connectivity index (χ2v) is 3.71. The lowest BCUT2D eigenvalue weighted by atomic mass is 10.2. The predicted octanol–water partition coefficient (Wildman–Crippen LogP) is 1.15. The molecule has 2 N–H and O–H groups in total. The Bertz CT molecular complexity index is 424. The molecule has 0 aliphatic rings. The fourth-order valence-electron chi connectivity index (χ4n) is 1.53. The summed E-state index contributed by atoms with van der Waals surface area (Å²) >= 11 is 0. The second kappa shape index (κ2) is 6.00. The van der Waals surface area contributed by atoms with Crippen molar-refractivity contribution >= 4 is 0 Å². The SMILES string of the molecule is COc1ccc(CNCCc2ncn[nH]2)cc1. The predicted molar refractivity (Wildman–Crippen MR) is 64.8 cm³/mol. The number of hydrogen-bond acceptors (Lipinski definition) is 4. The molecule has 0 fully saturated rings. The van der Waals surface area contributed by atoms with E-state index in [4.69, 9.17) is 4.74 Å². The van der Waals surface area contributed by atoms with Crippen LogP contribution in [0.4, 0.5) is 0 Å². The zero-order chi connectivity index (χ0) is 11.9. The lowest BCUT2D eigenvalue weighted by Crippen LogP contribution is -2.17. The van der Waals surface area contributed by atoms with Crippen molar-refractivity contribution in [1.82, 2.24) is 20.5 Å². The maximum atomic E-state index is 5.10. The number of nitrogens with zero attached hydrogens (tertiary/aromatic N) is 2. The molecule has 0 aliphatic heterocycles. The molecule has 90 valence electrons. The van der Waals surface area contributed by atoms with Gasteiger partial charge in [-0.2, -0.15) is 5.10 Å². The molecule has 0 bridgehead atoms. The Labute approximate surface area is 100 Å². The number of hydrogen-bond donors (Lipinski definition) is 2. The lowest BCUT2D eigenvalue weighted by molar-refractivity contribution is 0.414. The minimum absolute atomic E-state index is 0.845. The van der Waals surface area contributed by atoms with Crippen LogP contribution in [-0.2, 0) is 13.0 Å². The van der Waals surface area contributed by atoms with Crippen LogP contribution in [0.3, 0.4) is 0 Å². The first-order valence-electron chi connectivity index (χ1n) is 5.56. The summed E-state index contributed by atoms with van der Waals surface area (Å²) in [4.78, 5) is 4.06. The van der Waals surface area contributed by atoms with Crippen LogP contribution < -0.4 is 10.1 Å². The third-order valence-corrected chi connectivity index (χ3v) is 2.49. The molecule has 0 unspecified atom stereocenters. The minimum Gasteiger partial charge on any atom is -0.497 e. The largest absolute Gasteiger partial charge is 0.497 e. The van der Waals surface area contributed by atoms with Gasteiger partial charge in [0, 0.05) is 19.5 Å². The van der Waals surface area contributed by atoms with E-state index in [0.29, 0.717) is 0 Å². The number of benzene rings is 1. The number of ether oxygens (including phenoxy) is 1. The third-order valence-electron chi connectivity index (χ3n) is 2.49. The van der Waals surface area contributed by atoms with Crippen LogP contribution in [0.2, 0.25) is 0 Å². The summed E-state index contributed by atoms with van der Waals surface area (Å²) < 4.78 is 5.10. The number of aromatic amines is 1. The molecular weight excluding hydrogens is 216 g/mol. The third kappa shape index (κ3) is 3.57. The van der Waals surface area contributed by atoms with Crippen LogP contribution in [-0.4, -0.2) is 28.8 Å². The number of methoxy groups -OCH3 is 1. The summed E-state index contributed by atoms with van der Waals surface area (Å²) in [6.07, 6.45) is 2.38. The molecule has 0 amide bonds. The van der Waals surface area contributed by atoms with E-state index in [9.17, 15) is 0 Å². The molecule has 1 aromatic heterocycles. The van der Waals surface area contributed by atoms with Crippen LogP contribution in [0, 0.1) is 0 Å². The van der Waals surface area contributed by atoms with Crippen LogP contribution in [0.5, 0.6) is 5.75 Å². The summed E-state index contributed by atoms with van der Waals surface area (Å²) in [5, 5.41) is 9.98. The van der Waals surface area contributed by atoms with Crippen molar-refractivity contribution in [1.29, 1.82) is 0 Å². The van der Waals surface area contributed by atoms with Crippen molar-refractivity contribution in [2.75, 3.05) is 13.7 Å². The average Bonchev–Trinajstić information content (AvgIpc) is 2.88. The lowest BCUT2D eigenvalue weighted by Gasteiger charge is -2.05. The van der Waals surface area contributed by atoms with E-state index < -0.39 is 0 Å². The van der Waals surface area contributed by atoms with Crippen molar-refractivity contribution in [3.8, 4) is 5.75 Å². The maximum absolute atomic E-state index is 5.10. The molecule has 0 atom stereocenters. The Kier molecular flexibility index (Phi) is 4.10. The zero-order valence-corrected chi connectivity index (χ0v) is 9.81. The number of H-pyrrole nitrogens is 1. The van der Waals surface area contributed by atoms with Gasteiger partial charge in [0.25, 0.3) is 0 Å². The van der Waals surface area contributed by atoms with Crippen LogP contribution in [0.15, 0.2) is 30.6 Å². The topological polar surface area (TPSA) is 62.8 Å². The quantitative estimate of drug-likeness (QED) is 0.733. The van der Waals surface area contributed by atoms with E-state index in [1.54, 1.807) is 7.11 Å². The average molecular weight is 232 g/mol. The summed E-state index contributed by atoms with van der Waals surface area (Å²) in [6, 6.07) is 8.04. The normalized spacial score (nSPS) is 10.4. The Hall–Kier alpha value is -1.88. The molecule has 0 saturated carbocycles. The smallest absolute Gasteiger partial charge is 0.137 e. The Morgan fingerprint density at radius 1 is 1.29 bits per heavy atom. The van der Waals surface area contributed by atoms with Gasteiger partial charge in [-0.1, -0.05) is 12.1 Å². The van der Waals surface area contributed by atoms with Gasteiger partial charge in [-0.3, -0.25) is 5.10 Å². The highest BCUT2D eigenvalue weighted by Crippen LogP contribution is 2.10. The molecule has 2 rings (SSSR count). The first-order chi connectivity index (χ1) is 8.38. The first-order valence-corrected chi connectivity index (χ1v) is 5.56. The molecule has 0 aliphatic carbocycles. The summed E-state index contributed by atoms with van der Waals surface area (Å²) in [5.41, 5.74) is 1.24. The van der Waals surface area contributed by atoms with E-state index >= 15 is 0 Å². The van der Waals surface area contributed by atoms with Gasteiger partial charge in [0.1, 0.15) is 17.9 Å².